The van der Waals surface area contributed by atoms with Crippen LogP contribution >= 0.6 is 0 Å². The highest BCUT2D eigenvalue weighted by atomic mass is 16.4. The van der Waals surface area contributed by atoms with E-state index in [4.69, 9.17) is 15.9 Å². The lowest BCUT2D eigenvalue weighted by atomic mass is 10.2. The summed E-state index contributed by atoms with van der Waals surface area (Å²) >= 11 is 0. The zero-order chi connectivity index (χ0) is 12.1. The smallest absolute Gasteiger partial charge is 0.354 e. The number of nitrogens with zero attached hydrogens (tertiary/aromatic N) is 3. The van der Waals surface area contributed by atoms with Gasteiger partial charge in [-0.25, -0.2) is 9.78 Å². The predicted octanol–water partition coefficient (Wildman–Crippen LogP) is 1.55. The van der Waals surface area contributed by atoms with Gasteiger partial charge < -0.3 is 5.11 Å². The molecule has 1 aromatic heterocycles. The summed E-state index contributed by atoms with van der Waals surface area (Å²) in [6.45, 7) is 1.43. The molecule has 0 aliphatic rings. The summed E-state index contributed by atoms with van der Waals surface area (Å²) in [7, 11) is 0. The molecule has 0 unspecified atom stereocenters. The first-order valence-corrected chi connectivity index (χ1v) is 4.26. The summed E-state index contributed by atoms with van der Waals surface area (Å²) in [6, 6.07) is 2.69. The van der Waals surface area contributed by atoms with Crippen molar-refractivity contribution in [2.24, 2.45) is 10.2 Å². The lowest BCUT2D eigenvalue weighted by Crippen LogP contribution is -2.02. The van der Waals surface area contributed by atoms with Gasteiger partial charge in [0, 0.05) is 11.8 Å². The number of aromatic carboxylic acids is 1. The fourth-order valence-corrected chi connectivity index (χ4v) is 0.843. The molecule has 16 heavy (non-hydrogen) atoms. The molecule has 0 aliphatic carbocycles. The Balaban J connectivity index is 2.86. The Morgan fingerprint density at radius 1 is 1.38 bits per heavy atom. The van der Waals surface area contributed by atoms with Crippen LogP contribution in [0.1, 0.15) is 23.0 Å². The number of hydrogen-bond acceptors (Lipinski definition) is 4. The van der Waals surface area contributed by atoms with Crippen molar-refractivity contribution in [1.29, 1.82) is 10.8 Å². The normalized spacial score (nSPS) is 10.3. The maximum atomic E-state index is 10.5. The number of carbonyl (C=O) groups is 1. The third-order valence-corrected chi connectivity index (χ3v) is 1.56. The summed E-state index contributed by atoms with van der Waals surface area (Å²) in [5.41, 5.74) is 0.242. The van der Waals surface area contributed by atoms with Crippen LogP contribution < -0.4 is 0 Å². The lowest BCUT2D eigenvalue weighted by molar-refractivity contribution is 0.0690. The number of rotatable bonds is 2. The van der Waals surface area contributed by atoms with Crippen LogP contribution in [-0.4, -0.2) is 27.7 Å². The largest absolute Gasteiger partial charge is 0.477 e. The van der Waals surface area contributed by atoms with Gasteiger partial charge in [-0.05, 0) is 19.1 Å². The highest BCUT2D eigenvalue weighted by Crippen LogP contribution is 2.02. The SMILES string of the molecule is CC(=N)N=NC(=N)c1ccc(C(=O)O)nc1. The number of azo groups is 1. The van der Waals surface area contributed by atoms with E-state index >= 15 is 0 Å². The molecule has 0 saturated heterocycles. The molecule has 0 bridgehead atoms. The van der Waals surface area contributed by atoms with Crippen LogP contribution in [-0.2, 0) is 0 Å². The second-order valence-electron chi connectivity index (χ2n) is 2.87. The van der Waals surface area contributed by atoms with Crippen LogP contribution in [0.3, 0.4) is 0 Å². The third kappa shape index (κ3) is 3.05. The van der Waals surface area contributed by atoms with Crippen LogP contribution in [0.15, 0.2) is 28.6 Å². The van der Waals surface area contributed by atoms with Crippen molar-refractivity contribution >= 4 is 17.6 Å². The van der Waals surface area contributed by atoms with Gasteiger partial charge in [-0.15, -0.1) is 10.2 Å². The molecule has 0 spiro atoms. The minimum atomic E-state index is -1.13. The van der Waals surface area contributed by atoms with E-state index in [2.05, 4.69) is 15.2 Å². The van der Waals surface area contributed by atoms with E-state index in [0.29, 0.717) is 5.56 Å². The fraction of sp³-hybridized carbons (Fsp3) is 0.111. The highest BCUT2D eigenvalue weighted by molar-refractivity contribution is 5.97. The molecule has 0 aliphatic heterocycles. The van der Waals surface area contributed by atoms with Crippen molar-refractivity contribution in [3.05, 3.63) is 29.6 Å². The average molecular weight is 219 g/mol. The van der Waals surface area contributed by atoms with E-state index in [1.807, 2.05) is 0 Å². The van der Waals surface area contributed by atoms with Crippen molar-refractivity contribution in [3.8, 4) is 0 Å². The minimum Gasteiger partial charge on any atom is -0.477 e. The molecule has 0 aromatic carbocycles. The first kappa shape index (κ1) is 11.6. The highest BCUT2D eigenvalue weighted by Gasteiger charge is 2.05. The molecule has 0 atom stereocenters. The number of carboxylic acids is 1. The first-order chi connectivity index (χ1) is 7.50. The lowest BCUT2D eigenvalue weighted by Gasteiger charge is -1.97. The summed E-state index contributed by atoms with van der Waals surface area (Å²) in [5.74, 6) is -1.31. The number of pyridine rings is 1. The van der Waals surface area contributed by atoms with Crippen molar-refractivity contribution in [2.45, 2.75) is 6.92 Å². The van der Waals surface area contributed by atoms with E-state index in [1.165, 1.54) is 25.3 Å². The summed E-state index contributed by atoms with van der Waals surface area (Å²) in [4.78, 5) is 14.1. The number of carboxylic acid groups (broad SMARTS) is 1. The second kappa shape index (κ2) is 4.87. The topological polar surface area (TPSA) is 123 Å². The van der Waals surface area contributed by atoms with Crippen molar-refractivity contribution < 1.29 is 9.90 Å². The second-order valence-corrected chi connectivity index (χ2v) is 2.87. The quantitative estimate of drug-likeness (QED) is 0.397. The van der Waals surface area contributed by atoms with Crippen LogP contribution in [0.4, 0.5) is 0 Å². The standard InChI is InChI=1S/C9H9N5O2/c1-5(10)13-14-8(11)6-2-3-7(9(15)16)12-4-6/h2-4,10-11H,1H3,(H,15,16). The van der Waals surface area contributed by atoms with Gasteiger partial charge >= 0.3 is 5.97 Å². The van der Waals surface area contributed by atoms with Crippen LogP contribution in [0.5, 0.6) is 0 Å². The zero-order valence-electron chi connectivity index (χ0n) is 8.43. The number of aromatic nitrogens is 1. The number of hydrogen-bond donors (Lipinski definition) is 3. The van der Waals surface area contributed by atoms with Crippen LogP contribution in [0.25, 0.3) is 0 Å². The van der Waals surface area contributed by atoms with Gasteiger partial charge in [-0.2, -0.15) is 0 Å². The Morgan fingerprint density at radius 2 is 2.06 bits per heavy atom. The van der Waals surface area contributed by atoms with Crippen molar-refractivity contribution in [2.75, 3.05) is 0 Å². The summed E-state index contributed by atoms with van der Waals surface area (Å²) < 4.78 is 0. The summed E-state index contributed by atoms with van der Waals surface area (Å²) in [6.07, 6.45) is 1.23. The van der Waals surface area contributed by atoms with E-state index in [-0.39, 0.29) is 17.4 Å². The number of amidine groups is 2. The fourth-order valence-electron chi connectivity index (χ4n) is 0.843. The monoisotopic (exact) mass is 219 g/mol. The molecule has 82 valence electrons. The van der Waals surface area contributed by atoms with E-state index in [1.54, 1.807) is 0 Å². The third-order valence-electron chi connectivity index (χ3n) is 1.56. The molecule has 7 nitrogen and oxygen atoms in total. The van der Waals surface area contributed by atoms with Gasteiger partial charge in [-0.3, -0.25) is 10.8 Å². The van der Waals surface area contributed by atoms with Crippen LogP contribution in [0, 0.1) is 10.8 Å². The van der Waals surface area contributed by atoms with E-state index in [9.17, 15) is 4.79 Å². The Bertz CT molecular complexity index is 463. The van der Waals surface area contributed by atoms with Crippen molar-refractivity contribution in [1.82, 2.24) is 4.98 Å². The molecular formula is C9H9N5O2. The minimum absolute atomic E-state index is 0.0140. The Morgan fingerprint density at radius 3 is 2.50 bits per heavy atom. The van der Waals surface area contributed by atoms with Gasteiger partial charge in [0.25, 0.3) is 0 Å². The first-order valence-electron chi connectivity index (χ1n) is 4.26. The molecule has 0 fully saturated rings. The summed E-state index contributed by atoms with van der Waals surface area (Å²) in [5, 5.41) is 29.9. The van der Waals surface area contributed by atoms with E-state index < -0.39 is 5.97 Å². The molecular weight excluding hydrogens is 210 g/mol. The number of nitrogens with one attached hydrogen (secondary N) is 2. The van der Waals surface area contributed by atoms with Gasteiger partial charge in [0.1, 0.15) is 11.5 Å². The Hall–Kier alpha value is -2.44. The van der Waals surface area contributed by atoms with Gasteiger partial charge in [0.15, 0.2) is 5.84 Å². The Kier molecular flexibility index (Phi) is 3.54. The van der Waals surface area contributed by atoms with Crippen LogP contribution in [0.2, 0.25) is 0 Å². The predicted molar refractivity (Wildman–Crippen MR) is 56.3 cm³/mol. The zero-order valence-corrected chi connectivity index (χ0v) is 8.43. The maximum absolute atomic E-state index is 10.5. The Labute approximate surface area is 90.9 Å². The molecule has 1 rings (SSSR count). The van der Waals surface area contributed by atoms with Gasteiger partial charge in [0.2, 0.25) is 0 Å². The molecule has 0 radical (unpaired) electrons. The molecule has 7 heteroatoms. The molecule has 1 heterocycles. The molecule has 3 N–H and O–H groups in total. The van der Waals surface area contributed by atoms with E-state index in [0.717, 1.165) is 0 Å². The molecule has 0 saturated carbocycles. The van der Waals surface area contributed by atoms with Crippen molar-refractivity contribution in [3.63, 3.8) is 0 Å². The molecule has 1 aromatic rings. The van der Waals surface area contributed by atoms with Gasteiger partial charge in [0.05, 0.1) is 0 Å². The average Bonchev–Trinajstić information content (AvgIpc) is 2.26. The maximum Gasteiger partial charge on any atom is 0.354 e. The van der Waals surface area contributed by atoms with Gasteiger partial charge in [-0.1, -0.05) is 0 Å². The molecule has 0 amide bonds.